The number of amides is 1. The van der Waals surface area contributed by atoms with Crippen molar-refractivity contribution in [3.63, 3.8) is 0 Å². The highest BCUT2D eigenvalue weighted by molar-refractivity contribution is 7.99. The van der Waals surface area contributed by atoms with Crippen molar-refractivity contribution in [2.24, 2.45) is 5.92 Å². The number of anilines is 1. The van der Waals surface area contributed by atoms with Gasteiger partial charge in [0.25, 0.3) is 0 Å². The fourth-order valence-electron chi connectivity index (χ4n) is 3.54. The first kappa shape index (κ1) is 15.7. The molecule has 1 unspecified atom stereocenters. The summed E-state index contributed by atoms with van der Waals surface area (Å²) in [6.45, 7) is 1.73. The van der Waals surface area contributed by atoms with E-state index in [0.29, 0.717) is 11.9 Å². The predicted molar refractivity (Wildman–Crippen MR) is 94.2 cm³/mol. The van der Waals surface area contributed by atoms with Crippen LogP contribution in [0.2, 0.25) is 0 Å². The Labute approximate surface area is 145 Å². The van der Waals surface area contributed by atoms with Gasteiger partial charge in [0.05, 0.1) is 0 Å². The molecule has 0 N–H and O–H groups in total. The number of carbonyl (C=O) groups is 1. The molecule has 2 aromatic heterocycles. The number of carbonyl (C=O) groups excluding carboxylic acids is 1. The van der Waals surface area contributed by atoms with Gasteiger partial charge >= 0.3 is 0 Å². The van der Waals surface area contributed by atoms with Crippen molar-refractivity contribution in [2.45, 2.75) is 25.3 Å². The molecule has 1 amide bonds. The van der Waals surface area contributed by atoms with Crippen LogP contribution in [0.4, 0.5) is 5.82 Å². The highest BCUT2D eigenvalue weighted by Crippen LogP contribution is 2.27. The minimum absolute atomic E-state index is 0.149. The summed E-state index contributed by atoms with van der Waals surface area (Å²) in [7, 11) is 1.98. The van der Waals surface area contributed by atoms with Crippen LogP contribution in [0.15, 0.2) is 18.5 Å². The minimum atomic E-state index is 0.149. The van der Waals surface area contributed by atoms with Gasteiger partial charge in [-0.3, -0.25) is 4.79 Å². The summed E-state index contributed by atoms with van der Waals surface area (Å²) in [6.07, 6.45) is 4.54. The highest BCUT2D eigenvalue weighted by atomic mass is 32.2. The number of thioether (sulfide) groups is 1. The van der Waals surface area contributed by atoms with Crippen molar-refractivity contribution in [2.75, 3.05) is 36.5 Å². The second kappa shape index (κ2) is 6.58. The fourth-order valence-corrected chi connectivity index (χ4v) is 4.81. The van der Waals surface area contributed by atoms with Gasteiger partial charge in [0.2, 0.25) is 5.91 Å². The molecule has 0 bridgehead atoms. The van der Waals surface area contributed by atoms with E-state index in [0.717, 1.165) is 49.6 Å². The van der Waals surface area contributed by atoms with Gasteiger partial charge in [0.15, 0.2) is 5.65 Å². The van der Waals surface area contributed by atoms with Crippen molar-refractivity contribution in [1.82, 2.24) is 24.7 Å². The van der Waals surface area contributed by atoms with Gasteiger partial charge in [0.1, 0.15) is 12.1 Å². The molecule has 0 radical (unpaired) electrons. The Hall–Kier alpha value is -1.83. The zero-order valence-corrected chi connectivity index (χ0v) is 14.7. The van der Waals surface area contributed by atoms with E-state index in [1.54, 1.807) is 10.8 Å². The van der Waals surface area contributed by atoms with Gasteiger partial charge in [-0.05, 0) is 37.1 Å². The Kier molecular flexibility index (Phi) is 4.30. The number of hydrogen-bond donors (Lipinski definition) is 0. The molecule has 4 heterocycles. The van der Waals surface area contributed by atoms with Crippen LogP contribution in [0, 0.1) is 5.92 Å². The second-order valence-electron chi connectivity index (χ2n) is 6.55. The van der Waals surface area contributed by atoms with Crippen LogP contribution >= 0.6 is 11.8 Å². The smallest absolute Gasteiger partial charge is 0.225 e. The maximum atomic E-state index is 12.7. The molecule has 4 rings (SSSR count). The van der Waals surface area contributed by atoms with Crippen LogP contribution in [0.1, 0.15) is 19.3 Å². The summed E-state index contributed by atoms with van der Waals surface area (Å²) in [5.74, 6) is 3.66. The Morgan fingerprint density at radius 1 is 1.29 bits per heavy atom. The Morgan fingerprint density at radius 2 is 2.12 bits per heavy atom. The SMILES string of the molecule is CN(C(=O)C1CCN(c2ccc3nncn3n2)CC1)C1CCSC1. The van der Waals surface area contributed by atoms with Gasteiger partial charge in [0, 0.05) is 37.8 Å². The zero-order chi connectivity index (χ0) is 16.5. The Bertz CT molecular complexity index is 720. The van der Waals surface area contributed by atoms with Crippen LogP contribution in [0.3, 0.4) is 0 Å². The fraction of sp³-hybridized carbons (Fsp3) is 0.625. The third-order valence-electron chi connectivity index (χ3n) is 5.12. The van der Waals surface area contributed by atoms with E-state index < -0.39 is 0 Å². The Balaban J connectivity index is 1.38. The maximum absolute atomic E-state index is 12.7. The quantitative estimate of drug-likeness (QED) is 0.835. The average Bonchev–Trinajstić information content (AvgIpc) is 3.31. The summed E-state index contributed by atoms with van der Waals surface area (Å²) >= 11 is 1.95. The second-order valence-corrected chi connectivity index (χ2v) is 7.70. The van der Waals surface area contributed by atoms with Gasteiger partial charge in [-0.15, -0.1) is 15.3 Å². The minimum Gasteiger partial charge on any atom is -0.355 e. The monoisotopic (exact) mass is 346 g/mol. The molecule has 2 saturated heterocycles. The molecule has 8 heteroatoms. The van der Waals surface area contributed by atoms with E-state index in [-0.39, 0.29) is 5.92 Å². The van der Waals surface area contributed by atoms with Gasteiger partial charge in [-0.2, -0.15) is 16.3 Å². The van der Waals surface area contributed by atoms with Crippen LogP contribution < -0.4 is 4.90 Å². The van der Waals surface area contributed by atoms with E-state index in [1.807, 2.05) is 35.8 Å². The molecule has 1 atom stereocenters. The maximum Gasteiger partial charge on any atom is 0.225 e. The molecule has 2 aromatic rings. The molecule has 0 aromatic carbocycles. The van der Waals surface area contributed by atoms with Gasteiger partial charge < -0.3 is 9.80 Å². The largest absolute Gasteiger partial charge is 0.355 e. The first-order valence-electron chi connectivity index (χ1n) is 8.49. The number of rotatable bonds is 3. The first-order valence-corrected chi connectivity index (χ1v) is 9.64. The van der Waals surface area contributed by atoms with Crippen molar-refractivity contribution >= 4 is 29.1 Å². The topological polar surface area (TPSA) is 66.6 Å². The summed E-state index contributed by atoms with van der Waals surface area (Å²) in [6, 6.07) is 4.34. The summed E-state index contributed by atoms with van der Waals surface area (Å²) < 4.78 is 1.69. The van der Waals surface area contributed by atoms with Crippen LogP contribution in [-0.2, 0) is 4.79 Å². The molecular weight excluding hydrogens is 324 g/mol. The van der Waals surface area contributed by atoms with Crippen molar-refractivity contribution in [3.05, 3.63) is 18.5 Å². The number of nitrogens with zero attached hydrogens (tertiary/aromatic N) is 6. The number of aromatic nitrogens is 4. The molecule has 2 aliphatic rings. The van der Waals surface area contributed by atoms with Crippen molar-refractivity contribution in [3.8, 4) is 0 Å². The number of piperidine rings is 1. The van der Waals surface area contributed by atoms with E-state index in [4.69, 9.17) is 0 Å². The number of hydrogen-bond acceptors (Lipinski definition) is 6. The summed E-state index contributed by atoms with van der Waals surface area (Å²) in [4.78, 5) is 17.0. The predicted octanol–water partition coefficient (Wildman–Crippen LogP) is 1.30. The molecule has 0 saturated carbocycles. The molecular formula is C16H22N6OS. The van der Waals surface area contributed by atoms with Gasteiger partial charge in [-0.25, -0.2) is 0 Å². The summed E-state index contributed by atoms with van der Waals surface area (Å²) in [5, 5.41) is 12.4. The lowest BCUT2D eigenvalue weighted by molar-refractivity contribution is -0.136. The van der Waals surface area contributed by atoms with E-state index >= 15 is 0 Å². The average molecular weight is 346 g/mol. The first-order chi connectivity index (χ1) is 11.7. The third-order valence-corrected chi connectivity index (χ3v) is 6.26. The van der Waals surface area contributed by atoms with Crippen molar-refractivity contribution < 1.29 is 4.79 Å². The van der Waals surface area contributed by atoms with E-state index in [1.165, 1.54) is 5.75 Å². The molecule has 24 heavy (non-hydrogen) atoms. The zero-order valence-electron chi connectivity index (χ0n) is 13.8. The normalized spacial score (nSPS) is 22.2. The molecule has 7 nitrogen and oxygen atoms in total. The van der Waals surface area contributed by atoms with Gasteiger partial charge in [-0.1, -0.05) is 0 Å². The molecule has 128 valence electrons. The standard InChI is InChI=1S/C16H22N6OS/c1-20(13-6-9-24-10-13)16(23)12-4-7-21(8-5-12)15-3-2-14-18-17-11-22(14)19-15/h2-3,11-13H,4-10H2,1H3. The lowest BCUT2D eigenvalue weighted by Crippen LogP contribution is -2.45. The van der Waals surface area contributed by atoms with Crippen LogP contribution in [0.25, 0.3) is 5.65 Å². The molecule has 0 spiro atoms. The lowest BCUT2D eigenvalue weighted by atomic mass is 9.94. The molecule has 2 aliphatic heterocycles. The highest BCUT2D eigenvalue weighted by Gasteiger charge is 2.31. The number of fused-ring (bicyclic) bond motifs is 1. The summed E-state index contributed by atoms with van der Waals surface area (Å²) in [5.41, 5.74) is 0.750. The van der Waals surface area contributed by atoms with E-state index in [2.05, 4.69) is 20.2 Å². The van der Waals surface area contributed by atoms with E-state index in [9.17, 15) is 4.79 Å². The van der Waals surface area contributed by atoms with Crippen LogP contribution in [-0.4, -0.2) is 68.3 Å². The lowest BCUT2D eigenvalue weighted by Gasteiger charge is -2.35. The molecule has 2 fully saturated rings. The van der Waals surface area contributed by atoms with Crippen molar-refractivity contribution in [1.29, 1.82) is 0 Å². The van der Waals surface area contributed by atoms with Crippen LogP contribution in [0.5, 0.6) is 0 Å². The third kappa shape index (κ3) is 2.94. The Morgan fingerprint density at radius 3 is 2.88 bits per heavy atom. The molecule has 0 aliphatic carbocycles.